The molecule has 0 aromatic carbocycles. The molecule has 2 unspecified atom stereocenters. The second-order valence-electron chi connectivity index (χ2n) is 6.13. The minimum absolute atomic E-state index is 0.117. The van der Waals surface area contributed by atoms with Gasteiger partial charge in [0.2, 0.25) is 0 Å². The monoisotopic (exact) mass is 272 g/mol. The molecule has 0 aromatic heterocycles. The van der Waals surface area contributed by atoms with Gasteiger partial charge < -0.3 is 19.3 Å². The molecule has 5 nitrogen and oxygen atoms in total. The van der Waals surface area contributed by atoms with Crippen molar-refractivity contribution >= 4 is 5.97 Å². The Morgan fingerprint density at radius 1 is 1.37 bits per heavy atom. The predicted molar refractivity (Wildman–Crippen MR) is 68.4 cm³/mol. The van der Waals surface area contributed by atoms with Crippen molar-refractivity contribution in [3.05, 3.63) is 0 Å². The highest BCUT2D eigenvalue weighted by Gasteiger charge is 2.45. The molecule has 0 amide bonds. The minimum atomic E-state index is -0.576. The lowest BCUT2D eigenvalue weighted by atomic mass is 9.72. The average molecular weight is 272 g/mol. The van der Waals surface area contributed by atoms with Gasteiger partial charge in [-0.15, -0.1) is 0 Å². The average Bonchev–Trinajstić information content (AvgIpc) is 2.37. The molecule has 2 rings (SSSR count). The number of carbonyl (C=O) groups excluding carboxylic acids is 1. The first kappa shape index (κ1) is 14.8. The summed E-state index contributed by atoms with van der Waals surface area (Å²) in [6, 6.07) is 0. The summed E-state index contributed by atoms with van der Waals surface area (Å²) in [6.45, 7) is 6.68. The molecule has 0 bridgehead atoms. The molecule has 19 heavy (non-hydrogen) atoms. The van der Waals surface area contributed by atoms with Crippen LogP contribution in [0.5, 0.6) is 0 Å². The van der Waals surface area contributed by atoms with E-state index in [0.29, 0.717) is 26.1 Å². The summed E-state index contributed by atoms with van der Waals surface area (Å²) < 4.78 is 16.5. The van der Waals surface area contributed by atoms with Crippen LogP contribution in [0.25, 0.3) is 0 Å². The lowest BCUT2D eigenvalue weighted by Gasteiger charge is -2.45. The van der Waals surface area contributed by atoms with Gasteiger partial charge in [0.15, 0.2) is 6.29 Å². The SMILES string of the molecule is CC1OCC2(CCC(O)C(OC(=O)C(C)C)C2)CO1. The van der Waals surface area contributed by atoms with Crippen molar-refractivity contribution in [3.63, 3.8) is 0 Å². The third-order valence-electron chi connectivity index (χ3n) is 4.02. The molecule has 1 saturated carbocycles. The fraction of sp³-hybridized carbons (Fsp3) is 0.929. The van der Waals surface area contributed by atoms with Crippen LogP contribution in [-0.4, -0.2) is 42.8 Å². The fourth-order valence-electron chi connectivity index (χ4n) is 2.65. The van der Waals surface area contributed by atoms with Gasteiger partial charge in [-0.3, -0.25) is 4.79 Å². The van der Waals surface area contributed by atoms with Crippen LogP contribution in [0.15, 0.2) is 0 Å². The van der Waals surface area contributed by atoms with Crippen LogP contribution >= 0.6 is 0 Å². The van der Waals surface area contributed by atoms with E-state index < -0.39 is 12.2 Å². The van der Waals surface area contributed by atoms with E-state index >= 15 is 0 Å². The Balaban J connectivity index is 1.97. The lowest BCUT2D eigenvalue weighted by Crippen LogP contribution is -2.50. The van der Waals surface area contributed by atoms with Crippen molar-refractivity contribution in [3.8, 4) is 0 Å². The van der Waals surface area contributed by atoms with Crippen molar-refractivity contribution in [2.24, 2.45) is 11.3 Å². The highest BCUT2D eigenvalue weighted by atomic mass is 16.7. The molecule has 5 heteroatoms. The first-order valence-corrected chi connectivity index (χ1v) is 7.04. The maximum absolute atomic E-state index is 11.7. The standard InChI is InChI=1S/C14H24O5/c1-9(2)13(16)19-12-6-14(5-4-11(12)15)7-17-10(3)18-8-14/h9-12,15H,4-8H2,1-3H3. The second-order valence-corrected chi connectivity index (χ2v) is 6.13. The number of carbonyl (C=O) groups is 1. The summed E-state index contributed by atoms with van der Waals surface area (Å²) >= 11 is 0. The Morgan fingerprint density at radius 3 is 2.58 bits per heavy atom. The van der Waals surface area contributed by atoms with Gasteiger partial charge in [-0.1, -0.05) is 13.8 Å². The van der Waals surface area contributed by atoms with E-state index in [1.54, 1.807) is 13.8 Å². The summed E-state index contributed by atoms with van der Waals surface area (Å²) in [4.78, 5) is 11.7. The van der Waals surface area contributed by atoms with Gasteiger partial charge in [0.1, 0.15) is 6.10 Å². The van der Waals surface area contributed by atoms with Crippen molar-refractivity contribution < 1.29 is 24.1 Å². The number of hydrogen-bond acceptors (Lipinski definition) is 5. The quantitative estimate of drug-likeness (QED) is 0.771. The summed E-state index contributed by atoms with van der Waals surface area (Å²) in [7, 11) is 0. The van der Waals surface area contributed by atoms with E-state index in [-0.39, 0.29) is 23.6 Å². The van der Waals surface area contributed by atoms with E-state index in [1.165, 1.54) is 0 Å². The molecule has 1 aliphatic heterocycles. The second kappa shape index (κ2) is 5.77. The van der Waals surface area contributed by atoms with Crippen LogP contribution in [0, 0.1) is 11.3 Å². The van der Waals surface area contributed by atoms with Crippen LogP contribution in [0.1, 0.15) is 40.0 Å². The lowest BCUT2D eigenvalue weighted by molar-refractivity contribution is -0.241. The molecule has 1 N–H and O–H groups in total. The molecule has 2 atom stereocenters. The number of rotatable bonds is 2. The highest BCUT2D eigenvalue weighted by Crippen LogP contribution is 2.41. The zero-order valence-electron chi connectivity index (χ0n) is 11.9. The van der Waals surface area contributed by atoms with Crippen LogP contribution in [0.3, 0.4) is 0 Å². The Morgan fingerprint density at radius 2 is 2.00 bits per heavy atom. The molecule has 0 radical (unpaired) electrons. The normalized spacial score (nSPS) is 39.5. The van der Waals surface area contributed by atoms with Gasteiger partial charge in [0, 0.05) is 5.41 Å². The van der Waals surface area contributed by atoms with Crippen LogP contribution in [0.4, 0.5) is 0 Å². The number of hydrogen-bond donors (Lipinski definition) is 1. The van der Waals surface area contributed by atoms with Crippen LogP contribution in [0.2, 0.25) is 0 Å². The highest BCUT2D eigenvalue weighted by molar-refractivity contribution is 5.71. The number of aliphatic hydroxyl groups is 1. The Kier molecular flexibility index (Phi) is 4.48. The van der Waals surface area contributed by atoms with Gasteiger partial charge >= 0.3 is 5.97 Å². The summed E-state index contributed by atoms with van der Waals surface area (Å²) in [5.74, 6) is -0.434. The van der Waals surface area contributed by atoms with Crippen molar-refractivity contribution in [1.29, 1.82) is 0 Å². The van der Waals surface area contributed by atoms with E-state index in [0.717, 1.165) is 6.42 Å². The van der Waals surface area contributed by atoms with Gasteiger partial charge in [-0.2, -0.15) is 0 Å². The number of ether oxygens (including phenoxy) is 3. The maximum atomic E-state index is 11.7. The summed E-state index contributed by atoms with van der Waals surface area (Å²) in [6.07, 6.45) is 0.888. The third-order valence-corrected chi connectivity index (χ3v) is 4.02. The number of esters is 1. The summed E-state index contributed by atoms with van der Waals surface area (Å²) in [5, 5.41) is 10.0. The summed E-state index contributed by atoms with van der Waals surface area (Å²) in [5.41, 5.74) is -0.117. The van der Waals surface area contributed by atoms with E-state index in [1.807, 2.05) is 6.92 Å². The van der Waals surface area contributed by atoms with Gasteiger partial charge in [-0.25, -0.2) is 0 Å². The van der Waals surface area contributed by atoms with E-state index in [9.17, 15) is 9.90 Å². The largest absolute Gasteiger partial charge is 0.459 e. The van der Waals surface area contributed by atoms with Gasteiger partial charge in [0.25, 0.3) is 0 Å². The fourth-order valence-corrected chi connectivity index (χ4v) is 2.65. The van der Waals surface area contributed by atoms with Crippen molar-refractivity contribution in [1.82, 2.24) is 0 Å². The molecule has 1 aliphatic carbocycles. The first-order chi connectivity index (χ1) is 8.92. The molecular weight excluding hydrogens is 248 g/mol. The Labute approximate surface area is 114 Å². The Hall–Kier alpha value is -0.650. The van der Waals surface area contributed by atoms with Crippen molar-refractivity contribution in [2.45, 2.75) is 58.5 Å². The topological polar surface area (TPSA) is 65.0 Å². The third kappa shape index (κ3) is 3.46. The molecule has 2 fully saturated rings. The van der Waals surface area contributed by atoms with Crippen molar-refractivity contribution in [2.75, 3.05) is 13.2 Å². The Bertz CT molecular complexity index is 314. The number of aliphatic hydroxyl groups excluding tert-OH is 1. The zero-order valence-corrected chi connectivity index (χ0v) is 11.9. The minimum Gasteiger partial charge on any atom is -0.459 e. The van der Waals surface area contributed by atoms with Crippen LogP contribution in [-0.2, 0) is 19.0 Å². The van der Waals surface area contributed by atoms with Crippen LogP contribution < -0.4 is 0 Å². The molecule has 2 aliphatic rings. The molecule has 0 aromatic rings. The molecular formula is C14H24O5. The van der Waals surface area contributed by atoms with Gasteiger partial charge in [0.05, 0.1) is 25.2 Å². The molecule has 1 spiro atoms. The zero-order chi connectivity index (χ0) is 14.0. The smallest absolute Gasteiger partial charge is 0.308 e. The van der Waals surface area contributed by atoms with E-state index in [4.69, 9.17) is 14.2 Å². The molecule has 1 saturated heterocycles. The first-order valence-electron chi connectivity index (χ1n) is 7.04. The maximum Gasteiger partial charge on any atom is 0.308 e. The van der Waals surface area contributed by atoms with Gasteiger partial charge in [-0.05, 0) is 26.2 Å². The molecule has 1 heterocycles. The molecule has 110 valence electrons. The predicted octanol–water partition coefficient (Wildman–Crippen LogP) is 1.48. The van der Waals surface area contributed by atoms with E-state index in [2.05, 4.69) is 0 Å².